The zero-order valence-corrected chi connectivity index (χ0v) is 9.88. The van der Waals surface area contributed by atoms with E-state index in [1.165, 1.54) is 17.1 Å². The number of aromatic nitrogens is 2. The fourth-order valence-corrected chi connectivity index (χ4v) is 1.93. The van der Waals surface area contributed by atoms with Crippen molar-refractivity contribution in [1.82, 2.24) is 14.9 Å². The van der Waals surface area contributed by atoms with Crippen molar-refractivity contribution in [3.05, 3.63) is 18.2 Å². The number of alkyl halides is 3. The smallest absolute Gasteiger partial charge is 0.318 e. The minimum atomic E-state index is -4.19. The van der Waals surface area contributed by atoms with Crippen LogP contribution in [0.25, 0.3) is 0 Å². The number of hydrogen-bond donors (Lipinski definition) is 1. The summed E-state index contributed by atoms with van der Waals surface area (Å²) in [6, 6.07) is 0.236. The number of hydrogen-bond acceptors (Lipinski definition) is 2. The van der Waals surface area contributed by atoms with Gasteiger partial charge in [-0.15, -0.1) is 0 Å². The van der Waals surface area contributed by atoms with Crippen molar-refractivity contribution in [2.24, 2.45) is 0 Å². The first-order chi connectivity index (χ1) is 7.87. The average molecular weight is 247 g/mol. The molecule has 0 bridgehead atoms. The van der Waals surface area contributed by atoms with E-state index in [1.807, 2.05) is 13.8 Å². The fourth-order valence-electron chi connectivity index (χ4n) is 1.93. The van der Waals surface area contributed by atoms with Gasteiger partial charge in [-0.05, 0) is 12.8 Å². The van der Waals surface area contributed by atoms with Crippen LogP contribution in [0.5, 0.6) is 0 Å². The summed E-state index contributed by atoms with van der Waals surface area (Å²) in [4.78, 5) is 3.84. The maximum absolute atomic E-state index is 13.0. The summed E-state index contributed by atoms with van der Waals surface area (Å²) in [6.07, 6.45) is -1.09. The Morgan fingerprint density at radius 3 is 2.59 bits per heavy atom. The van der Waals surface area contributed by atoms with Gasteiger partial charge >= 0.3 is 6.18 Å². The second-order valence-corrected chi connectivity index (χ2v) is 4.82. The van der Waals surface area contributed by atoms with Gasteiger partial charge in [0.25, 0.3) is 0 Å². The van der Waals surface area contributed by atoms with Crippen LogP contribution >= 0.6 is 0 Å². The van der Waals surface area contributed by atoms with Crippen molar-refractivity contribution < 1.29 is 13.2 Å². The van der Waals surface area contributed by atoms with E-state index >= 15 is 0 Å². The molecule has 1 aromatic rings. The highest BCUT2D eigenvalue weighted by atomic mass is 19.4. The van der Waals surface area contributed by atoms with Crippen LogP contribution in [0.1, 0.15) is 32.4 Å². The number of imidazole rings is 1. The molecule has 0 radical (unpaired) electrons. The van der Waals surface area contributed by atoms with E-state index in [0.717, 1.165) is 0 Å². The molecule has 0 amide bonds. The molecular weight excluding hydrogens is 231 g/mol. The highest BCUT2D eigenvalue weighted by Crippen LogP contribution is 2.55. The molecule has 2 rings (SSSR count). The van der Waals surface area contributed by atoms with Crippen LogP contribution in [0.15, 0.2) is 12.5 Å². The Labute approximate surface area is 98.0 Å². The van der Waals surface area contributed by atoms with E-state index in [1.54, 1.807) is 0 Å². The van der Waals surface area contributed by atoms with Gasteiger partial charge in [0.15, 0.2) is 0 Å². The molecule has 1 aromatic heterocycles. The average Bonchev–Trinajstić information content (AvgIpc) is 2.89. The second kappa shape index (κ2) is 4.01. The standard InChI is InChI=1S/C11H16F3N3/c1-8(2)16-6-9-5-15-7-17(9)10(3-4-10)11(12,13)14/h5,7-8,16H,3-4,6H2,1-2H3. The van der Waals surface area contributed by atoms with Gasteiger partial charge in [0, 0.05) is 18.8 Å². The lowest BCUT2D eigenvalue weighted by Gasteiger charge is -2.23. The van der Waals surface area contributed by atoms with Crippen molar-refractivity contribution in [2.45, 2.75) is 51.0 Å². The molecule has 0 atom stereocenters. The zero-order chi connectivity index (χ0) is 12.7. The van der Waals surface area contributed by atoms with Crippen molar-refractivity contribution in [3.63, 3.8) is 0 Å². The first-order valence-electron chi connectivity index (χ1n) is 5.69. The lowest BCUT2D eigenvalue weighted by molar-refractivity contribution is -0.180. The molecule has 0 unspecified atom stereocenters. The van der Waals surface area contributed by atoms with Crippen LogP contribution in [0.4, 0.5) is 13.2 Å². The SMILES string of the molecule is CC(C)NCc1cncn1C1(C(F)(F)F)CC1. The minimum absolute atomic E-state index is 0.154. The third-order valence-electron chi connectivity index (χ3n) is 3.12. The van der Waals surface area contributed by atoms with E-state index in [-0.39, 0.29) is 18.9 Å². The molecule has 17 heavy (non-hydrogen) atoms. The van der Waals surface area contributed by atoms with E-state index in [9.17, 15) is 13.2 Å². The molecule has 1 heterocycles. The maximum atomic E-state index is 13.0. The van der Waals surface area contributed by atoms with Crippen molar-refractivity contribution in [2.75, 3.05) is 0 Å². The summed E-state index contributed by atoms with van der Waals surface area (Å²) in [5.41, 5.74) is -1.11. The molecule has 0 aliphatic heterocycles. The normalized spacial score (nSPS) is 18.7. The Balaban J connectivity index is 2.20. The summed E-state index contributed by atoms with van der Waals surface area (Å²) in [7, 11) is 0. The summed E-state index contributed by atoms with van der Waals surface area (Å²) in [6.45, 7) is 4.32. The lowest BCUT2D eigenvalue weighted by atomic mass is 10.2. The maximum Gasteiger partial charge on any atom is 0.411 e. The van der Waals surface area contributed by atoms with Gasteiger partial charge in [-0.3, -0.25) is 0 Å². The summed E-state index contributed by atoms with van der Waals surface area (Å²) >= 11 is 0. The Kier molecular flexibility index (Phi) is 2.93. The highest BCUT2D eigenvalue weighted by molar-refractivity contribution is 5.13. The van der Waals surface area contributed by atoms with Crippen LogP contribution in [0.2, 0.25) is 0 Å². The van der Waals surface area contributed by atoms with E-state index in [0.29, 0.717) is 12.2 Å². The number of nitrogens with zero attached hydrogens (tertiary/aromatic N) is 2. The highest BCUT2D eigenvalue weighted by Gasteiger charge is 2.65. The van der Waals surface area contributed by atoms with Crippen molar-refractivity contribution in [3.8, 4) is 0 Å². The molecule has 1 saturated carbocycles. The lowest BCUT2D eigenvalue weighted by Crippen LogP contribution is -2.36. The Hall–Kier alpha value is -1.04. The van der Waals surface area contributed by atoms with Gasteiger partial charge in [-0.2, -0.15) is 13.2 Å². The molecule has 0 aromatic carbocycles. The second-order valence-electron chi connectivity index (χ2n) is 4.82. The molecule has 96 valence electrons. The summed E-state index contributed by atoms with van der Waals surface area (Å²) in [5, 5.41) is 3.11. The van der Waals surface area contributed by atoms with Crippen molar-refractivity contribution >= 4 is 0 Å². The Morgan fingerprint density at radius 1 is 1.47 bits per heavy atom. The van der Waals surface area contributed by atoms with Gasteiger partial charge < -0.3 is 9.88 Å². The number of nitrogens with one attached hydrogen (secondary N) is 1. The molecule has 1 aliphatic rings. The molecule has 0 saturated heterocycles. The monoisotopic (exact) mass is 247 g/mol. The van der Waals surface area contributed by atoms with Crippen LogP contribution in [0.3, 0.4) is 0 Å². The zero-order valence-electron chi connectivity index (χ0n) is 9.88. The third kappa shape index (κ3) is 2.18. The first kappa shape index (κ1) is 12.4. The molecule has 1 N–H and O–H groups in total. The number of halogens is 3. The summed E-state index contributed by atoms with van der Waals surface area (Å²) in [5.74, 6) is 0. The van der Waals surface area contributed by atoms with E-state index in [2.05, 4.69) is 10.3 Å². The predicted molar refractivity (Wildman–Crippen MR) is 57.5 cm³/mol. The van der Waals surface area contributed by atoms with Crippen LogP contribution < -0.4 is 5.32 Å². The van der Waals surface area contributed by atoms with Gasteiger partial charge in [0.1, 0.15) is 5.54 Å². The molecule has 1 aliphatic carbocycles. The van der Waals surface area contributed by atoms with Gasteiger partial charge in [0.2, 0.25) is 0 Å². The molecule has 3 nitrogen and oxygen atoms in total. The molecule has 1 fully saturated rings. The number of rotatable bonds is 4. The molecule has 0 spiro atoms. The third-order valence-corrected chi connectivity index (χ3v) is 3.12. The van der Waals surface area contributed by atoms with Crippen LogP contribution in [-0.2, 0) is 12.1 Å². The van der Waals surface area contributed by atoms with E-state index in [4.69, 9.17) is 0 Å². The fraction of sp³-hybridized carbons (Fsp3) is 0.727. The van der Waals surface area contributed by atoms with E-state index < -0.39 is 11.7 Å². The largest absolute Gasteiger partial charge is 0.411 e. The van der Waals surface area contributed by atoms with Crippen LogP contribution in [-0.4, -0.2) is 21.8 Å². The first-order valence-corrected chi connectivity index (χ1v) is 5.69. The topological polar surface area (TPSA) is 29.9 Å². The van der Waals surface area contributed by atoms with Crippen molar-refractivity contribution in [1.29, 1.82) is 0 Å². The van der Waals surface area contributed by atoms with Gasteiger partial charge in [0.05, 0.1) is 12.0 Å². The predicted octanol–water partition coefficient (Wildman–Crippen LogP) is 2.43. The van der Waals surface area contributed by atoms with Crippen LogP contribution in [0, 0.1) is 0 Å². The quantitative estimate of drug-likeness (QED) is 0.885. The molecule has 6 heteroatoms. The summed E-state index contributed by atoms with van der Waals surface area (Å²) < 4.78 is 40.2. The van der Waals surface area contributed by atoms with Gasteiger partial charge in [-0.25, -0.2) is 4.98 Å². The van der Waals surface area contributed by atoms with Gasteiger partial charge in [-0.1, -0.05) is 13.8 Å². The molecular formula is C11H16F3N3. The Bertz CT molecular complexity index is 391. The minimum Gasteiger partial charge on any atom is -0.318 e. The Morgan fingerprint density at radius 2 is 2.12 bits per heavy atom.